The number of anilines is 1. The van der Waals surface area contributed by atoms with Crippen molar-refractivity contribution in [3.05, 3.63) is 89.5 Å². The number of hydrogen-bond donors (Lipinski definition) is 0. The molecule has 0 spiro atoms. The number of carbonyl (C=O) groups excluding carboxylic acids is 1. The molecule has 0 aromatic heterocycles. The summed E-state index contributed by atoms with van der Waals surface area (Å²) in [4.78, 5) is 13.8. The van der Waals surface area contributed by atoms with Crippen molar-refractivity contribution in [2.45, 2.75) is 31.2 Å². The highest BCUT2D eigenvalue weighted by molar-refractivity contribution is 7.89. The zero-order valence-corrected chi connectivity index (χ0v) is 20.4. The largest absolute Gasteiger partial charge is 0.426 e. The number of para-hydroxylation sites is 1. The van der Waals surface area contributed by atoms with Gasteiger partial charge in [-0.05, 0) is 48.9 Å². The van der Waals surface area contributed by atoms with Gasteiger partial charge in [-0.25, -0.2) is 0 Å². The standard InChI is InChI=1S/C26H27N3O4S/c1-18-9-15-22(16-10-18)34(31,32)29-25(20-11-13-21(14-12-20)28(3)4)17-24(27-29)23-7-5-6-8-26(23)33-19(2)30/h5-16,25H,17H2,1-4H3. The molecular formula is C26H27N3O4S. The third-order valence-electron chi connectivity index (χ3n) is 5.68. The van der Waals surface area contributed by atoms with Gasteiger partial charge in [0.25, 0.3) is 10.0 Å². The van der Waals surface area contributed by atoms with Gasteiger partial charge in [-0.15, -0.1) is 0 Å². The number of nitrogens with zero attached hydrogens (tertiary/aromatic N) is 3. The van der Waals surface area contributed by atoms with E-state index < -0.39 is 22.0 Å². The molecule has 1 aliphatic heterocycles. The van der Waals surface area contributed by atoms with Crippen LogP contribution in [0.4, 0.5) is 5.69 Å². The highest BCUT2D eigenvalue weighted by Crippen LogP contribution is 2.39. The molecule has 1 unspecified atom stereocenters. The van der Waals surface area contributed by atoms with Gasteiger partial charge in [0.2, 0.25) is 0 Å². The van der Waals surface area contributed by atoms with Crippen molar-refractivity contribution in [2.75, 3.05) is 19.0 Å². The summed E-state index contributed by atoms with van der Waals surface area (Å²) in [6, 6.07) is 21.0. The van der Waals surface area contributed by atoms with E-state index in [1.54, 1.807) is 42.5 Å². The summed E-state index contributed by atoms with van der Waals surface area (Å²) in [6.45, 7) is 3.24. The molecule has 1 aliphatic rings. The SMILES string of the molecule is CC(=O)Oc1ccccc1C1=NN(S(=O)(=O)c2ccc(C)cc2)C(c2ccc(N(C)C)cc2)C1. The van der Waals surface area contributed by atoms with E-state index in [-0.39, 0.29) is 4.90 Å². The Kier molecular flexibility index (Phi) is 6.43. The molecule has 3 aromatic carbocycles. The summed E-state index contributed by atoms with van der Waals surface area (Å²) in [7, 11) is -0.0278. The molecule has 0 bridgehead atoms. The molecule has 1 atom stereocenters. The molecule has 0 aliphatic carbocycles. The first kappa shape index (κ1) is 23.5. The smallest absolute Gasteiger partial charge is 0.308 e. The normalized spacial score (nSPS) is 15.7. The molecule has 8 heteroatoms. The second-order valence-corrected chi connectivity index (χ2v) is 10.2. The van der Waals surface area contributed by atoms with Gasteiger partial charge in [0, 0.05) is 38.7 Å². The molecule has 1 heterocycles. The average molecular weight is 478 g/mol. The van der Waals surface area contributed by atoms with Crippen molar-refractivity contribution in [3.8, 4) is 5.75 Å². The van der Waals surface area contributed by atoms with Gasteiger partial charge in [0.1, 0.15) is 5.75 Å². The van der Waals surface area contributed by atoms with Gasteiger partial charge in [0.15, 0.2) is 0 Å². The average Bonchev–Trinajstić information content (AvgIpc) is 3.26. The lowest BCUT2D eigenvalue weighted by atomic mass is 9.98. The van der Waals surface area contributed by atoms with Crippen LogP contribution in [0.3, 0.4) is 0 Å². The number of carbonyl (C=O) groups is 1. The van der Waals surface area contributed by atoms with E-state index in [0.29, 0.717) is 23.4 Å². The number of hydrazone groups is 1. The predicted molar refractivity (Wildman–Crippen MR) is 133 cm³/mol. The highest BCUT2D eigenvalue weighted by Gasteiger charge is 2.38. The van der Waals surface area contributed by atoms with Crippen LogP contribution < -0.4 is 9.64 Å². The molecule has 34 heavy (non-hydrogen) atoms. The van der Waals surface area contributed by atoms with Gasteiger partial charge in [-0.3, -0.25) is 4.79 Å². The van der Waals surface area contributed by atoms with Crippen LogP contribution in [-0.4, -0.2) is 38.6 Å². The maximum Gasteiger partial charge on any atom is 0.308 e. The van der Waals surface area contributed by atoms with E-state index in [1.165, 1.54) is 11.3 Å². The number of esters is 1. The van der Waals surface area contributed by atoms with E-state index >= 15 is 0 Å². The summed E-state index contributed by atoms with van der Waals surface area (Å²) >= 11 is 0. The molecular weight excluding hydrogens is 450 g/mol. The molecule has 4 rings (SSSR count). The Morgan fingerprint density at radius 1 is 1.00 bits per heavy atom. The van der Waals surface area contributed by atoms with E-state index in [4.69, 9.17) is 4.74 Å². The highest BCUT2D eigenvalue weighted by atomic mass is 32.2. The van der Waals surface area contributed by atoms with E-state index in [9.17, 15) is 13.2 Å². The molecule has 0 saturated heterocycles. The van der Waals surface area contributed by atoms with E-state index in [0.717, 1.165) is 16.8 Å². The fourth-order valence-corrected chi connectivity index (χ4v) is 5.32. The quantitative estimate of drug-likeness (QED) is 0.385. The number of aryl methyl sites for hydroxylation is 1. The minimum Gasteiger partial charge on any atom is -0.426 e. The predicted octanol–water partition coefficient (Wildman–Crippen LogP) is 4.53. The number of sulfonamides is 1. The van der Waals surface area contributed by atoms with Crippen molar-refractivity contribution in [3.63, 3.8) is 0 Å². The number of rotatable bonds is 6. The maximum atomic E-state index is 13.7. The van der Waals surface area contributed by atoms with Crippen LogP contribution in [0.15, 0.2) is 82.8 Å². The first-order chi connectivity index (χ1) is 16.2. The van der Waals surface area contributed by atoms with Crippen LogP contribution in [0.5, 0.6) is 5.75 Å². The molecule has 0 radical (unpaired) electrons. The minimum absolute atomic E-state index is 0.172. The molecule has 0 N–H and O–H groups in total. The Balaban J connectivity index is 1.80. The summed E-state index contributed by atoms with van der Waals surface area (Å²) < 4.78 is 33.9. The van der Waals surface area contributed by atoms with E-state index in [1.807, 2.05) is 56.3 Å². The topological polar surface area (TPSA) is 79.3 Å². The lowest BCUT2D eigenvalue weighted by Gasteiger charge is -2.24. The third kappa shape index (κ3) is 4.68. The van der Waals surface area contributed by atoms with Crippen LogP contribution in [0.1, 0.15) is 36.1 Å². The third-order valence-corrected chi connectivity index (χ3v) is 7.38. The maximum absolute atomic E-state index is 13.7. The van der Waals surface area contributed by atoms with Crippen LogP contribution in [0, 0.1) is 6.92 Å². The Hall–Kier alpha value is -3.65. The number of ether oxygens (including phenoxy) is 1. The fourth-order valence-electron chi connectivity index (χ4n) is 3.88. The molecule has 0 fully saturated rings. The molecule has 176 valence electrons. The lowest BCUT2D eigenvalue weighted by molar-refractivity contribution is -0.131. The summed E-state index contributed by atoms with van der Waals surface area (Å²) in [5.41, 5.74) is 3.93. The van der Waals surface area contributed by atoms with Crippen molar-refractivity contribution < 1.29 is 17.9 Å². The van der Waals surface area contributed by atoms with Crippen LogP contribution >= 0.6 is 0 Å². The monoisotopic (exact) mass is 477 g/mol. The molecule has 7 nitrogen and oxygen atoms in total. The number of benzene rings is 3. The second-order valence-electron chi connectivity index (χ2n) is 8.43. The minimum atomic E-state index is -3.93. The van der Waals surface area contributed by atoms with Crippen molar-refractivity contribution in [2.24, 2.45) is 5.10 Å². The van der Waals surface area contributed by atoms with Gasteiger partial charge in [-0.2, -0.15) is 17.9 Å². The molecule has 3 aromatic rings. The Morgan fingerprint density at radius 2 is 1.65 bits per heavy atom. The van der Waals surface area contributed by atoms with Crippen LogP contribution in [-0.2, 0) is 14.8 Å². The van der Waals surface area contributed by atoms with Crippen molar-refractivity contribution >= 4 is 27.4 Å². The zero-order valence-electron chi connectivity index (χ0n) is 19.6. The summed E-state index contributed by atoms with van der Waals surface area (Å²) in [5, 5.41) is 4.57. The second kappa shape index (κ2) is 9.30. The molecule has 0 saturated carbocycles. The van der Waals surface area contributed by atoms with Crippen molar-refractivity contribution in [1.82, 2.24) is 4.41 Å². The Labute approximate surface area is 200 Å². The Morgan fingerprint density at radius 3 is 2.26 bits per heavy atom. The fraction of sp³-hybridized carbons (Fsp3) is 0.231. The zero-order chi connectivity index (χ0) is 24.5. The number of hydrogen-bond acceptors (Lipinski definition) is 6. The Bertz CT molecular complexity index is 1330. The van der Waals surface area contributed by atoms with Crippen molar-refractivity contribution in [1.29, 1.82) is 0 Å². The van der Waals surface area contributed by atoms with Gasteiger partial charge in [0.05, 0.1) is 16.6 Å². The first-order valence-electron chi connectivity index (χ1n) is 10.9. The first-order valence-corrected chi connectivity index (χ1v) is 12.3. The van der Waals surface area contributed by atoms with Gasteiger partial charge in [-0.1, -0.05) is 42.0 Å². The van der Waals surface area contributed by atoms with Crippen LogP contribution in [0.25, 0.3) is 0 Å². The van der Waals surface area contributed by atoms with Gasteiger partial charge >= 0.3 is 5.97 Å². The summed E-state index contributed by atoms with van der Waals surface area (Å²) in [5.74, 6) is -0.101. The lowest BCUT2D eigenvalue weighted by Crippen LogP contribution is -2.27. The van der Waals surface area contributed by atoms with Crippen LogP contribution in [0.2, 0.25) is 0 Å². The van der Waals surface area contributed by atoms with E-state index in [2.05, 4.69) is 5.10 Å². The molecule has 0 amide bonds. The summed E-state index contributed by atoms with van der Waals surface area (Å²) in [6.07, 6.45) is 0.338. The van der Waals surface area contributed by atoms with Gasteiger partial charge < -0.3 is 9.64 Å².